The van der Waals surface area contributed by atoms with Gasteiger partial charge in [-0.25, -0.2) is 0 Å². The number of rotatable bonds is 11. The van der Waals surface area contributed by atoms with Crippen LogP contribution in [0.3, 0.4) is 0 Å². The van der Waals surface area contributed by atoms with Crippen molar-refractivity contribution in [1.82, 2.24) is 9.15 Å². The van der Waals surface area contributed by atoms with E-state index in [1.807, 2.05) is 61.5 Å². The van der Waals surface area contributed by atoms with Crippen LogP contribution in [0, 0.1) is 11.3 Å². The molecule has 5 aliphatic rings. The van der Waals surface area contributed by atoms with Crippen LogP contribution >= 0.6 is 8.53 Å². The van der Waals surface area contributed by atoms with Crippen molar-refractivity contribution in [2.75, 3.05) is 19.8 Å². The normalized spacial score (nSPS) is 29.3. The molecule has 59 heavy (non-hydrogen) atoms. The summed E-state index contributed by atoms with van der Waals surface area (Å²) in [6.45, 7) is 33.7. The molecule has 5 heterocycles. The van der Waals surface area contributed by atoms with Gasteiger partial charge in [-0.05, 0) is 0 Å². The van der Waals surface area contributed by atoms with E-state index < -0.39 is 62.0 Å². The molecule has 3 atom stereocenters. The molecule has 0 saturated carbocycles. The SMILES string of the molecule is C=C1C=C(C(F)(F)F)c2cc3c(cc2O1)[N+]1(CCCCC1COP(OCCC#N)N(C(C)C)C(C)C)C(C)(C)C=C3C[As]12(OC(C)(C)C(C)(C)O1)OC(C)(C)C(C)(C)O2. The molecule has 0 N–H and O–H groups in total. The van der Waals surface area contributed by atoms with Crippen LogP contribution in [0.1, 0.15) is 134 Å². The summed E-state index contributed by atoms with van der Waals surface area (Å²) in [5, 5.41) is 9.43. The molecule has 0 bridgehead atoms. The molecular formula is C44H67AsF3N3O7P+. The van der Waals surface area contributed by atoms with Gasteiger partial charge >= 0.3 is 344 Å². The van der Waals surface area contributed by atoms with Crippen molar-refractivity contribution in [2.24, 2.45) is 0 Å². The van der Waals surface area contributed by atoms with E-state index >= 15 is 0 Å². The summed E-state index contributed by atoms with van der Waals surface area (Å²) >= 11 is -5.37. The maximum atomic E-state index is 14.9. The van der Waals surface area contributed by atoms with Crippen molar-refractivity contribution in [3.05, 3.63) is 47.7 Å². The van der Waals surface area contributed by atoms with E-state index in [-0.39, 0.29) is 53.4 Å². The summed E-state index contributed by atoms with van der Waals surface area (Å²) in [7, 11) is -1.55. The fourth-order valence-electron chi connectivity index (χ4n) is 9.77. The zero-order valence-corrected chi connectivity index (χ0v) is 40.4. The molecule has 15 heteroatoms. The Morgan fingerprint density at radius 1 is 0.898 bits per heavy atom. The Hall–Kier alpha value is -1.81. The topological polar surface area (TPSA) is 91.6 Å². The fraction of sp³-hybridized carbons (Fsp3) is 0.705. The molecule has 3 unspecified atom stereocenters. The number of fused-ring (bicyclic) bond motifs is 3. The molecule has 330 valence electrons. The molecular weight excluding hydrogens is 845 g/mol. The number of alkyl halides is 3. The molecule has 1 aromatic carbocycles. The van der Waals surface area contributed by atoms with Gasteiger partial charge in [0.15, 0.2) is 0 Å². The van der Waals surface area contributed by atoms with Gasteiger partial charge in [-0.2, -0.15) is 5.26 Å². The number of ether oxygens (including phenoxy) is 1. The number of piperidine rings is 1. The van der Waals surface area contributed by atoms with Crippen LogP contribution in [0.25, 0.3) is 11.1 Å². The first-order valence-electron chi connectivity index (χ1n) is 21.0. The van der Waals surface area contributed by atoms with Gasteiger partial charge in [-0.1, -0.05) is 0 Å². The second-order valence-corrected chi connectivity index (χ2v) is 27.6. The zero-order chi connectivity index (χ0) is 44.0. The van der Waals surface area contributed by atoms with Gasteiger partial charge in [0.1, 0.15) is 0 Å². The molecule has 10 nitrogen and oxygen atoms in total. The van der Waals surface area contributed by atoms with E-state index in [1.54, 1.807) is 6.07 Å². The molecule has 0 aliphatic carbocycles. The van der Waals surface area contributed by atoms with Crippen molar-refractivity contribution in [2.45, 2.75) is 180 Å². The van der Waals surface area contributed by atoms with Crippen LogP contribution in [0.15, 0.2) is 36.6 Å². The standard InChI is InChI=1S/C44H67AsF3N3O7P/c1-29(2)50(30(3)4)59(52-22-18-20-49)53-28-33-19-16-17-21-51(33)37-25-38-35(36(44(46,47)48)23-31(5)54-38)24-34(37)32(26-39(51,6)7)27-45(55-40(8,9)41(10,11)56-45)57-42(12,13)43(14,15)58-45/h23-26,29-30,33H,5,16-19,21-22,27-28H2,1-4,6-15H3/q+1. The molecule has 1 aromatic rings. The predicted molar refractivity (Wildman–Crippen MR) is 229 cm³/mol. The minimum atomic E-state index is -5.37. The average Bonchev–Trinajstić information content (AvgIpc) is 3.33. The Balaban J connectivity index is 1.56. The number of hydrogen-bond acceptors (Lipinski definition) is 9. The summed E-state index contributed by atoms with van der Waals surface area (Å²) in [5.74, 6) is 0.0290. The Kier molecular flexibility index (Phi) is 12.0. The van der Waals surface area contributed by atoms with E-state index in [9.17, 15) is 18.4 Å². The van der Waals surface area contributed by atoms with Gasteiger partial charge in [-0.3, -0.25) is 0 Å². The molecule has 3 fully saturated rings. The Labute approximate surface area is 353 Å². The summed E-state index contributed by atoms with van der Waals surface area (Å²) in [6, 6.07) is 5.74. The third-order valence-electron chi connectivity index (χ3n) is 13.5. The van der Waals surface area contributed by atoms with E-state index in [1.165, 1.54) is 0 Å². The Morgan fingerprint density at radius 2 is 1.46 bits per heavy atom. The minimum absolute atomic E-state index is 0.0583. The monoisotopic (exact) mass is 912 g/mol. The predicted octanol–water partition coefficient (Wildman–Crippen LogP) is 11.5. The van der Waals surface area contributed by atoms with Crippen LogP contribution in [0.2, 0.25) is 5.21 Å². The number of quaternary nitrogens is 1. The van der Waals surface area contributed by atoms with Crippen LogP contribution in [-0.4, -0.2) is 90.5 Å². The number of halogens is 3. The first-order chi connectivity index (χ1) is 27.0. The Bertz CT molecular complexity index is 1870. The van der Waals surface area contributed by atoms with Gasteiger partial charge < -0.3 is 0 Å². The Morgan fingerprint density at radius 3 is 1.97 bits per heavy atom. The molecule has 5 aliphatic heterocycles. The quantitative estimate of drug-likeness (QED) is 0.0931. The van der Waals surface area contributed by atoms with Crippen LogP contribution < -0.4 is 9.22 Å². The van der Waals surface area contributed by atoms with Crippen molar-refractivity contribution >= 4 is 39.2 Å². The molecule has 3 saturated heterocycles. The summed E-state index contributed by atoms with van der Waals surface area (Å²) in [5.41, 5.74) is -2.59. The van der Waals surface area contributed by atoms with Gasteiger partial charge in [0.05, 0.1) is 6.07 Å². The van der Waals surface area contributed by atoms with Gasteiger partial charge in [0, 0.05) is 0 Å². The zero-order valence-electron chi connectivity index (χ0n) is 37.6. The molecule has 6 rings (SSSR count). The average molecular weight is 913 g/mol. The van der Waals surface area contributed by atoms with E-state index in [4.69, 9.17) is 28.7 Å². The number of hydrogen-bond donors (Lipinski definition) is 0. The summed E-state index contributed by atoms with van der Waals surface area (Å²) in [6.07, 6.45) is 1.40. The van der Waals surface area contributed by atoms with Crippen molar-refractivity contribution in [3.8, 4) is 11.8 Å². The first-order valence-corrected chi connectivity index (χ1v) is 26.5. The molecule has 0 amide bonds. The third-order valence-corrected chi connectivity index (χ3v) is 24.1. The maximum absolute atomic E-state index is 14.9. The van der Waals surface area contributed by atoms with Crippen LogP contribution in [-0.2, 0) is 24.0 Å². The van der Waals surface area contributed by atoms with Crippen LogP contribution in [0.5, 0.6) is 5.75 Å². The van der Waals surface area contributed by atoms with Crippen LogP contribution in [0.4, 0.5) is 18.9 Å². The van der Waals surface area contributed by atoms with Gasteiger partial charge in [0.25, 0.3) is 0 Å². The molecule has 2 spiro atoms. The third kappa shape index (κ3) is 7.94. The summed E-state index contributed by atoms with van der Waals surface area (Å²) < 4.78 is 95.4. The molecule has 0 radical (unpaired) electrons. The van der Waals surface area contributed by atoms with E-state index in [0.717, 1.165) is 36.6 Å². The number of nitriles is 1. The first kappa shape index (κ1) is 46.7. The van der Waals surface area contributed by atoms with Crippen molar-refractivity contribution in [1.29, 1.82) is 5.26 Å². The second-order valence-electron chi connectivity index (χ2n) is 19.9. The number of nitrogens with zero attached hydrogens (tertiary/aromatic N) is 3. The summed E-state index contributed by atoms with van der Waals surface area (Å²) in [4.78, 5) is 0. The van der Waals surface area contributed by atoms with Gasteiger partial charge in [-0.15, -0.1) is 0 Å². The van der Waals surface area contributed by atoms with Crippen molar-refractivity contribution in [3.63, 3.8) is 0 Å². The number of allylic oxidation sites excluding steroid dienone is 3. The van der Waals surface area contributed by atoms with E-state index in [0.29, 0.717) is 23.2 Å². The second kappa shape index (κ2) is 15.2. The van der Waals surface area contributed by atoms with Crippen molar-refractivity contribution < 1.29 is 41.9 Å². The van der Waals surface area contributed by atoms with Gasteiger partial charge in [0.2, 0.25) is 0 Å². The number of benzene rings is 1. The fourth-order valence-corrected chi connectivity index (χ4v) is 23.4. The molecule has 0 aromatic heterocycles. The van der Waals surface area contributed by atoms with E-state index in [2.05, 4.69) is 64.9 Å².